The topological polar surface area (TPSA) is 186 Å². The van der Waals surface area contributed by atoms with Gasteiger partial charge in [0.05, 0.1) is 0 Å². The second-order valence-electron chi connectivity index (χ2n) is 6.84. The Bertz CT molecular complexity index is 1150. The first-order chi connectivity index (χ1) is 16.4. The maximum absolute atomic E-state index is 12.9. The normalized spacial score (nSPS) is 20.1. The molecular formula is C17H18N8O5S4. The third-order valence-corrected chi connectivity index (χ3v) is 8.40. The number of thioether (sulfide) groups is 2. The van der Waals surface area contributed by atoms with Crippen molar-refractivity contribution in [3.63, 3.8) is 0 Å². The first kappa shape index (κ1) is 24.4. The Hall–Kier alpha value is -2.76. The van der Waals surface area contributed by atoms with Gasteiger partial charge in [0.25, 0.3) is 11.8 Å². The number of hydrogen-bond acceptors (Lipinski definition) is 14. The molecule has 2 aliphatic heterocycles. The van der Waals surface area contributed by atoms with Crippen molar-refractivity contribution in [2.75, 3.05) is 23.8 Å². The van der Waals surface area contributed by atoms with Crippen LogP contribution in [0.2, 0.25) is 0 Å². The summed E-state index contributed by atoms with van der Waals surface area (Å²) in [4.78, 5) is 48.1. The third-order valence-electron chi connectivity index (χ3n) is 4.57. The van der Waals surface area contributed by atoms with Crippen LogP contribution in [0.3, 0.4) is 0 Å². The van der Waals surface area contributed by atoms with Crippen molar-refractivity contribution in [2.45, 2.75) is 29.1 Å². The molecule has 0 radical (unpaired) electrons. The van der Waals surface area contributed by atoms with Crippen LogP contribution in [0.4, 0.5) is 5.13 Å². The van der Waals surface area contributed by atoms with Gasteiger partial charge in [-0.2, -0.15) is 9.36 Å². The number of aromatic nitrogens is 4. The monoisotopic (exact) mass is 542 g/mol. The van der Waals surface area contributed by atoms with Crippen molar-refractivity contribution >= 4 is 75.0 Å². The van der Waals surface area contributed by atoms with Crippen LogP contribution in [0.15, 0.2) is 26.3 Å². The summed E-state index contributed by atoms with van der Waals surface area (Å²) in [7, 11) is 0. The number of fused-ring (bicyclic) bond motifs is 1. The van der Waals surface area contributed by atoms with E-state index in [9.17, 15) is 19.5 Å². The van der Waals surface area contributed by atoms with Crippen LogP contribution in [0, 0.1) is 0 Å². The maximum atomic E-state index is 12.9. The molecule has 180 valence electrons. The Morgan fingerprint density at radius 3 is 2.94 bits per heavy atom. The fraction of sp³-hybridized carbons (Fsp3) is 0.412. The Morgan fingerprint density at radius 2 is 2.29 bits per heavy atom. The van der Waals surface area contributed by atoms with Crippen LogP contribution in [0.25, 0.3) is 0 Å². The number of nitrogens with zero attached hydrogens (tertiary/aromatic N) is 6. The van der Waals surface area contributed by atoms with E-state index in [0.717, 1.165) is 11.5 Å². The second kappa shape index (κ2) is 10.7. The van der Waals surface area contributed by atoms with Crippen molar-refractivity contribution in [2.24, 2.45) is 5.16 Å². The molecule has 1 fully saturated rings. The number of carboxylic acids is 1. The van der Waals surface area contributed by atoms with E-state index < -0.39 is 29.2 Å². The van der Waals surface area contributed by atoms with Crippen LogP contribution in [-0.4, -0.2) is 82.6 Å². The van der Waals surface area contributed by atoms with Gasteiger partial charge in [0, 0.05) is 23.0 Å². The smallest absolute Gasteiger partial charge is 0.352 e. The molecule has 0 aliphatic carbocycles. The number of nitrogens with one attached hydrogen (secondary N) is 1. The van der Waals surface area contributed by atoms with Crippen molar-refractivity contribution in [1.82, 2.24) is 29.8 Å². The fourth-order valence-electron chi connectivity index (χ4n) is 3.10. The molecule has 2 aromatic heterocycles. The van der Waals surface area contributed by atoms with E-state index in [0.29, 0.717) is 27.8 Å². The molecule has 2 atom stereocenters. The van der Waals surface area contributed by atoms with Crippen LogP contribution in [-0.2, 0) is 19.2 Å². The van der Waals surface area contributed by atoms with Crippen LogP contribution in [0.1, 0.15) is 19.2 Å². The maximum Gasteiger partial charge on any atom is 0.352 e. The highest BCUT2D eigenvalue weighted by Crippen LogP contribution is 2.41. The van der Waals surface area contributed by atoms with Gasteiger partial charge in [-0.05, 0) is 12.0 Å². The lowest BCUT2D eigenvalue weighted by Crippen LogP contribution is -2.71. The number of carbonyl (C=O) groups excluding carboxylic acids is 2. The summed E-state index contributed by atoms with van der Waals surface area (Å²) in [6.07, 6.45) is 0.670. The Kier molecular flexibility index (Phi) is 7.64. The summed E-state index contributed by atoms with van der Waals surface area (Å²) in [6.45, 7) is 2.15. The van der Waals surface area contributed by atoms with E-state index in [4.69, 9.17) is 10.6 Å². The van der Waals surface area contributed by atoms with E-state index in [-0.39, 0.29) is 29.0 Å². The zero-order chi connectivity index (χ0) is 24.2. The molecule has 2 amide bonds. The Morgan fingerprint density at radius 1 is 1.47 bits per heavy atom. The average Bonchev–Trinajstić information content (AvgIpc) is 3.49. The van der Waals surface area contributed by atoms with Crippen molar-refractivity contribution in [3.05, 3.63) is 22.6 Å². The highest BCUT2D eigenvalue weighted by Gasteiger charge is 2.54. The molecule has 4 N–H and O–H groups in total. The van der Waals surface area contributed by atoms with Crippen LogP contribution < -0.4 is 11.1 Å². The molecule has 4 heterocycles. The Labute approximate surface area is 209 Å². The zero-order valence-corrected chi connectivity index (χ0v) is 20.8. The van der Waals surface area contributed by atoms with Gasteiger partial charge in [-0.15, -0.1) is 22.0 Å². The summed E-state index contributed by atoms with van der Waals surface area (Å²) in [5, 5.41) is 23.5. The summed E-state index contributed by atoms with van der Waals surface area (Å²) < 4.78 is 4.70. The van der Waals surface area contributed by atoms with Gasteiger partial charge in [0.1, 0.15) is 29.2 Å². The predicted molar refractivity (Wildman–Crippen MR) is 127 cm³/mol. The molecule has 1 saturated heterocycles. The number of carbonyl (C=O) groups is 3. The summed E-state index contributed by atoms with van der Waals surface area (Å²) in [5.41, 5.74) is 7.53. The molecule has 0 spiro atoms. The molecule has 0 aromatic carbocycles. The lowest BCUT2D eigenvalue weighted by molar-refractivity contribution is -0.150. The highest BCUT2D eigenvalue weighted by molar-refractivity contribution is 8.01. The molecule has 4 rings (SSSR count). The van der Waals surface area contributed by atoms with E-state index in [1.807, 2.05) is 6.92 Å². The third kappa shape index (κ3) is 5.01. The first-order valence-electron chi connectivity index (χ1n) is 9.80. The SMILES string of the molecule is CCCON=C(C(=O)NC1C(=O)N2C(C(=O)O)=C(CSc3nncs3)CS[C@H]12)c1nsc(N)n1. The molecule has 0 bridgehead atoms. The molecule has 2 aliphatic rings. The lowest BCUT2D eigenvalue weighted by atomic mass is 10.0. The van der Waals surface area contributed by atoms with Gasteiger partial charge in [0.15, 0.2) is 9.47 Å². The first-order valence-corrected chi connectivity index (χ1v) is 13.5. The number of hydrogen-bond donors (Lipinski definition) is 3. The minimum absolute atomic E-state index is 0.0156. The molecule has 0 saturated carbocycles. The average molecular weight is 543 g/mol. The van der Waals surface area contributed by atoms with E-state index in [1.54, 1.807) is 5.51 Å². The second-order valence-corrected chi connectivity index (χ2v) is 10.8. The summed E-state index contributed by atoms with van der Waals surface area (Å²) in [6, 6.07) is -0.934. The number of oxime groups is 1. The van der Waals surface area contributed by atoms with Gasteiger partial charge in [-0.25, -0.2) is 4.79 Å². The van der Waals surface area contributed by atoms with E-state index in [1.165, 1.54) is 39.8 Å². The van der Waals surface area contributed by atoms with E-state index >= 15 is 0 Å². The number of β-lactam (4-membered cyclic amide) rings is 1. The fourth-order valence-corrected chi connectivity index (χ4v) is 6.50. The van der Waals surface area contributed by atoms with E-state index in [2.05, 4.69) is 30.0 Å². The number of anilines is 1. The zero-order valence-electron chi connectivity index (χ0n) is 17.5. The lowest BCUT2D eigenvalue weighted by Gasteiger charge is -2.49. The number of nitrogen functional groups attached to an aromatic ring is 1. The van der Waals surface area contributed by atoms with Crippen molar-refractivity contribution < 1.29 is 24.3 Å². The molecular weight excluding hydrogens is 525 g/mol. The largest absolute Gasteiger partial charge is 0.477 e. The highest BCUT2D eigenvalue weighted by atomic mass is 32.2. The van der Waals surface area contributed by atoms with Crippen LogP contribution in [0.5, 0.6) is 0 Å². The number of aliphatic carboxylic acids is 1. The quantitative estimate of drug-likeness (QED) is 0.125. The number of nitrogens with two attached hydrogens (primary N) is 1. The molecule has 17 heteroatoms. The molecule has 34 heavy (non-hydrogen) atoms. The standard InChI is InChI=1S/C17H18N8O5S4/c1-2-3-30-23-8(11-21-16(18)34-24-11)12(26)20-9-13(27)25-10(15(28)29)7(4-31-14(9)25)5-32-17-22-19-6-33-17/h6,9,14H,2-5H2,1H3,(H,20,26)(H,28,29)(H2,18,21,24)/t9?,14-/m1/s1. The Balaban J connectivity index is 1.49. The van der Waals surface area contributed by atoms with Gasteiger partial charge in [0.2, 0.25) is 11.5 Å². The molecule has 13 nitrogen and oxygen atoms in total. The van der Waals surface area contributed by atoms with Gasteiger partial charge in [-0.1, -0.05) is 35.2 Å². The minimum Gasteiger partial charge on any atom is -0.477 e. The summed E-state index contributed by atoms with van der Waals surface area (Å²) >= 11 is 4.97. The number of carboxylic acid groups (broad SMARTS) is 1. The van der Waals surface area contributed by atoms with Gasteiger partial charge >= 0.3 is 5.97 Å². The van der Waals surface area contributed by atoms with Gasteiger partial charge < -0.3 is 21.0 Å². The molecule has 1 unspecified atom stereocenters. The number of amides is 2. The predicted octanol–water partition coefficient (Wildman–Crippen LogP) is 0.633. The van der Waals surface area contributed by atoms with Crippen molar-refractivity contribution in [1.29, 1.82) is 0 Å². The number of rotatable bonds is 10. The minimum atomic E-state index is -1.20. The molecule has 2 aromatic rings. The van der Waals surface area contributed by atoms with Crippen LogP contribution >= 0.6 is 46.4 Å². The summed E-state index contributed by atoms with van der Waals surface area (Å²) in [5.74, 6) is -1.71. The van der Waals surface area contributed by atoms with Gasteiger partial charge in [-0.3, -0.25) is 14.5 Å². The van der Waals surface area contributed by atoms with Crippen molar-refractivity contribution in [3.8, 4) is 0 Å².